The van der Waals surface area contributed by atoms with E-state index in [1.807, 2.05) is 11.1 Å². The molecule has 1 saturated carbocycles. The van der Waals surface area contributed by atoms with Crippen molar-refractivity contribution in [1.82, 2.24) is 0 Å². The van der Waals surface area contributed by atoms with E-state index in [1.165, 1.54) is 32.1 Å². The van der Waals surface area contributed by atoms with Crippen LogP contribution in [0, 0.1) is 23.7 Å². The van der Waals surface area contributed by atoms with Gasteiger partial charge in [0, 0.05) is 0 Å². The molecule has 0 aliphatic heterocycles. The Morgan fingerprint density at radius 2 is 1.87 bits per heavy atom. The third kappa shape index (κ3) is 2.46. The average molecular weight is 206 g/mol. The van der Waals surface area contributed by atoms with Gasteiger partial charge in [-0.15, -0.1) is 0 Å². The summed E-state index contributed by atoms with van der Waals surface area (Å²) in [7, 11) is 0. The monoisotopic (exact) mass is 206 g/mol. The van der Waals surface area contributed by atoms with Crippen LogP contribution < -0.4 is 0 Å². The van der Waals surface area contributed by atoms with Gasteiger partial charge in [0.15, 0.2) is 0 Å². The molecule has 0 N–H and O–H groups in total. The van der Waals surface area contributed by atoms with E-state index in [1.54, 1.807) is 0 Å². The Morgan fingerprint density at radius 1 is 1.13 bits per heavy atom. The lowest BCUT2D eigenvalue weighted by molar-refractivity contribution is 0.367. The van der Waals surface area contributed by atoms with E-state index < -0.39 is 0 Å². The van der Waals surface area contributed by atoms with E-state index in [2.05, 4.69) is 27.7 Å². The molecule has 0 nitrogen and oxygen atoms in total. The fourth-order valence-corrected chi connectivity index (χ4v) is 3.08. The van der Waals surface area contributed by atoms with E-state index in [4.69, 9.17) is 0 Å². The van der Waals surface area contributed by atoms with Crippen LogP contribution in [0.1, 0.15) is 59.8 Å². The van der Waals surface area contributed by atoms with Gasteiger partial charge < -0.3 is 0 Å². The third-order valence-corrected chi connectivity index (χ3v) is 4.58. The van der Waals surface area contributed by atoms with Gasteiger partial charge in [-0.05, 0) is 49.4 Å². The fraction of sp³-hybridized carbons (Fsp3) is 0.867. The highest BCUT2D eigenvalue weighted by molar-refractivity contribution is 5.36. The second kappa shape index (κ2) is 4.31. The van der Waals surface area contributed by atoms with Crippen LogP contribution in [0.15, 0.2) is 11.1 Å². The highest BCUT2D eigenvalue weighted by atomic mass is 14.4. The quantitative estimate of drug-likeness (QED) is 0.566. The Bertz CT molecular complexity index is 259. The van der Waals surface area contributed by atoms with Crippen molar-refractivity contribution in [3.8, 4) is 0 Å². The van der Waals surface area contributed by atoms with E-state index in [-0.39, 0.29) is 0 Å². The van der Waals surface area contributed by atoms with E-state index in [9.17, 15) is 0 Å². The van der Waals surface area contributed by atoms with Crippen molar-refractivity contribution in [1.29, 1.82) is 0 Å². The number of hydrogen-bond acceptors (Lipinski definition) is 0. The molecule has 0 spiro atoms. The van der Waals surface area contributed by atoms with Crippen LogP contribution in [0.4, 0.5) is 0 Å². The Kier molecular flexibility index (Phi) is 3.23. The first-order valence-electron chi connectivity index (χ1n) is 6.81. The van der Waals surface area contributed by atoms with Crippen LogP contribution in [0.5, 0.6) is 0 Å². The summed E-state index contributed by atoms with van der Waals surface area (Å²) in [5, 5.41) is 0. The highest BCUT2D eigenvalue weighted by Gasteiger charge is 2.39. The molecule has 0 aromatic carbocycles. The zero-order valence-electron chi connectivity index (χ0n) is 10.8. The first kappa shape index (κ1) is 11.2. The third-order valence-electron chi connectivity index (χ3n) is 4.58. The Hall–Kier alpha value is -0.260. The van der Waals surface area contributed by atoms with E-state index in [0.717, 1.165) is 23.7 Å². The molecule has 0 radical (unpaired) electrons. The molecule has 0 aromatic heterocycles. The van der Waals surface area contributed by atoms with E-state index >= 15 is 0 Å². The normalized spacial score (nSPS) is 28.2. The van der Waals surface area contributed by atoms with Gasteiger partial charge >= 0.3 is 0 Å². The molecule has 0 heterocycles. The summed E-state index contributed by atoms with van der Waals surface area (Å²) in [5.41, 5.74) is 3.72. The summed E-state index contributed by atoms with van der Waals surface area (Å²) in [6.45, 7) is 9.60. The molecule has 0 heteroatoms. The van der Waals surface area contributed by atoms with Gasteiger partial charge in [-0.1, -0.05) is 45.3 Å². The lowest BCUT2D eigenvalue weighted by Gasteiger charge is -2.22. The van der Waals surface area contributed by atoms with Crippen molar-refractivity contribution in [2.45, 2.75) is 59.8 Å². The maximum atomic E-state index is 2.47. The molecule has 2 aliphatic rings. The summed E-state index contributed by atoms with van der Waals surface area (Å²) >= 11 is 0. The van der Waals surface area contributed by atoms with Crippen LogP contribution in [0.3, 0.4) is 0 Å². The lowest BCUT2D eigenvalue weighted by Crippen LogP contribution is -2.11. The molecule has 86 valence electrons. The molecule has 2 unspecified atom stereocenters. The molecule has 1 fully saturated rings. The van der Waals surface area contributed by atoms with Gasteiger partial charge in [0.25, 0.3) is 0 Å². The highest BCUT2D eigenvalue weighted by Crippen LogP contribution is 2.53. The molecule has 2 aliphatic carbocycles. The Balaban J connectivity index is 1.85. The summed E-state index contributed by atoms with van der Waals surface area (Å²) in [6.07, 6.45) is 7.17. The first-order valence-corrected chi connectivity index (χ1v) is 6.81. The smallest absolute Gasteiger partial charge is 0.0160 e. The van der Waals surface area contributed by atoms with Crippen LogP contribution in [0.2, 0.25) is 0 Å². The second-order valence-electron chi connectivity index (χ2n) is 6.23. The van der Waals surface area contributed by atoms with Gasteiger partial charge in [-0.3, -0.25) is 0 Å². The molecule has 15 heavy (non-hydrogen) atoms. The van der Waals surface area contributed by atoms with Gasteiger partial charge in [0.2, 0.25) is 0 Å². The topological polar surface area (TPSA) is 0 Å². The Morgan fingerprint density at radius 3 is 2.33 bits per heavy atom. The molecular formula is C15H26. The van der Waals surface area contributed by atoms with Crippen molar-refractivity contribution in [2.75, 3.05) is 0 Å². The van der Waals surface area contributed by atoms with Crippen LogP contribution in [-0.4, -0.2) is 0 Å². The number of rotatable bonds is 5. The van der Waals surface area contributed by atoms with Crippen LogP contribution in [0.25, 0.3) is 0 Å². The predicted octanol–water partition coefficient (Wildman–Crippen LogP) is 4.81. The van der Waals surface area contributed by atoms with Gasteiger partial charge in [0.1, 0.15) is 0 Å². The van der Waals surface area contributed by atoms with E-state index in [0.29, 0.717) is 0 Å². The molecule has 2 rings (SSSR count). The molecule has 0 saturated heterocycles. The molecular weight excluding hydrogens is 180 g/mol. The minimum Gasteiger partial charge on any atom is -0.0676 e. The van der Waals surface area contributed by atoms with Gasteiger partial charge in [-0.2, -0.15) is 0 Å². The summed E-state index contributed by atoms with van der Waals surface area (Å²) in [4.78, 5) is 0. The zero-order chi connectivity index (χ0) is 11.0. The van der Waals surface area contributed by atoms with Crippen molar-refractivity contribution < 1.29 is 0 Å². The first-order chi connectivity index (χ1) is 7.09. The molecule has 0 aromatic rings. The number of hydrogen-bond donors (Lipinski definition) is 0. The van der Waals surface area contributed by atoms with Crippen molar-refractivity contribution >= 4 is 0 Å². The van der Waals surface area contributed by atoms with Gasteiger partial charge in [-0.25, -0.2) is 0 Å². The maximum absolute atomic E-state index is 2.47. The molecule has 0 bridgehead atoms. The second-order valence-corrected chi connectivity index (χ2v) is 6.23. The standard InChI is InChI=1S/C15H26/c1-10(2)5-6-11(3)12(4)14-8-7-13-9-15(13)14/h10-13H,5-9H2,1-4H3/t11?,12?,13-/m0/s1. The fourth-order valence-electron chi connectivity index (χ4n) is 3.08. The predicted molar refractivity (Wildman–Crippen MR) is 66.8 cm³/mol. The van der Waals surface area contributed by atoms with Crippen molar-refractivity contribution in [3.05, 3.63) is 11.1 Å². The summed E-state index contributed by atoms with van der Waals surface area (Å²) < 4.78 is 0. The number of fused-ring (bicyclic) bond motifs is 1. The minimum atomic E-state index is 0.867. The summed E-state index contributed by atoms with van der Waals surface area (Å²) in [5.74, 6) is 3.68. The lowest BCUT2D eigenvalue weighted by atomic mass is 9.83. The molecule has 0 amide bonds. The van der Waals surface area contributed by atoms with Gasteiger partial charge in [0.05, 0.1) is 0 Å². The minimum absolute atomic E-state index is 0.867. The largest absolute Gasteiger partial charge is 0.0676 e. The summed E-state index contributed by atoms with van der Waals surface area (Å²) in [6, 6.07) is 0. The SMILES string of the molecule is CC(C)CCC(C)C(C)C1=C2C[C@@H]2CC1. The molecule has 3 atom stereocenters. The average Bonchev–Trinajstić information content (AvgIpc) is 2.86. The van der Waals surface area contributed by atoms with Crippen molar-refractivity contribution in [2.24, 2.45) is 23.7 Å². The number of allylic oxidation sites excluding steroid dienone is 2. The zero-order valence-corrected chi connectivity index (χ0v) is 10.8. The Labute approximate surface area is 95.1 Å². The van der Waals surface area contributed by atoms with Crippen LogP contribution >= 0.6 is 0 Å². The van der Waals surface area contributed by atoms with Crippen molar-refractivity contribution in [3.63, 3.8) is 0 Å². The van der Waals surface area contributed by atoms with Crippen LogP contribution in [-0.2, 0) is 0 Å². The maximum Gasteiger partial charge on any atom is -0.0160 e.